The fourth-order valence-corrected chi connectivity index (χ4v) is 0. The molecule has 0 radical (unpaired) electrons. The molecule has 0 aromatic heterocycles. The second kappa shape index (κ2) is 8.20. The van der Waals surface area contributed by atoms with E-state index < -0.39 is 7.82 Å². The Morgan fingerprint density at radius 2 is 1.12 bits per heavy atom. The summed E-state index contributed by atoms with van der Waals surface area (Å²) >= 11 is 0.333. The molecule has 0 spiro atoms. The zero-order valence-corrected chi connectivity index (χ0v) is 7.72. The van der Waals surface area contributed by atoms with Crippen LogP contribution >= 0.6 is 7.82 Å². The van der Waals surface area contributed by atoms with Crippen LogP contribution in [0.3, 0.4) is 0 Å². The second-order valence-electron chi connectivity index (χ2n) is 0.447. The maximum absolute atomic E-state index is 8.55. The first kappa shape index (κ1) is 16.1. The van der Waals surface area contributed by atoms with Gasteiger partial charge in [0.1, 0.15) is 0 Å². The molecule has 42 valence electrons. The van der Waals surface area contributed by atoms with Gasteiger partial charge >= 0.3 is 42.0 Å². The SMILES string of the molecule is O=P([O-])([O-])[O-].[Li+].[O]=[W+2]. The Hall–Kier alpha value is 1.20. The molecule has 0 unspecified atom stereocenters. The number of rotatable bonds is 0. The summed E-state index contributed by atoms with van der Waals surface area (Å²) in [6.45, 7) is 0. The van der Waals surface area contributed by atoms with Crippen LogP contribution in [0.1, 0.15) is 0 Å². The van der Waals surface area contributed by atoms with E-state index in [1.165, 1.54) is 0 Å². The van der Waals surface area contributed by atoms with Gasteiger partial charge in [-0.1, -0.05) is 0 Å². The third-order valence-electron chi connectivity index (χ3n) is 0. The van der Waals surface area contributed by atoms with Gasteiger partial charge in [-0.3, -0.25) is 0 Å². The molecule has 0 aliphatic carbocycles. The molecule has 0 bridgehead atoms. The topological polar surface area (TPSA) is 103 Å². The Balaban J connectivity index is -0.0000000750. The average molecular weight is 302 g/mol. The average Bonchev–Trinajstić information content (AvgIpc) is 1.36. The Morgan fingerprint density at radius 1 is 1.12 bits per heavy atom. The van der Waals surface area contributed by atoms with E-state index in [2.05, 4.69) is 0 Å². The van der Waals surface area contributed by atoms with Crippen molar-refractivity contribution in [3.63, 3.8) is 0 Å². The first-order valence-electron chi connectivity index (χ1n) is 0.897. The van der Waals surface area contributed by atoms with E-state index in [1.54, 1.807) is 0 Å². The van der Waals surface area contributed by atoms with Crippen LogP contribution in [-0.4, -0.2) is 0 Å². The van der Waals surface area contributed by atoms with Crippen molar-refractivity contribution < 1.29 is 61.3 Å². The van der Waals surface area contributed by atoms with Gasteiger partial charge in [0.25, 0.3) is 0 Å². The van der Waals surface area contributed by atoms with Crippen molar-refractivity contribution >= 4 is 7.82 Å². The molecule has 0 fully saturated rings. The van der Waals surface area contributed by atoms with Gasteiger partial charge in [0.2, 0.25) is 0 Å². The van der Waals surface area contributed by atoms with Gasteiger partial charge in [-0.15, -0.1) is 0 Å². The van der Waals surface area contributed by atoms with Crippen LogP contribution in [0.15, 0.2) is 0 Å². The van der Waals surface area contributed by atoms with Crippen molar-refractivity contribution in [2.24, 2.45) is 0 Å². The molecule has 0 heterocycles. The van der Waals surface area contributed by atoms with Crippen LogP contribution < -0.4 is 33.5 Å². The quantitative estimate of drug-likeness (QED) is 0.327. The third-order valence-corrected chi connectivity index (χ3v) is 0. The molecule has 0 aromatic carbocycles. The van der Waals surface area contributed by atoms with E-state index in [1.807, 2.05) is 0 Å². The zero-order chi connectivity index (χ0) is 6.50. The molecular weight excluding hydrogens is 302 g/mol. The summed E-state index contributed by atoms with van der Waals surface area (Å²) in [4.78, 5) is 25.6. The first-order chi connectivity index (χ1) is 3.00. The van der Waals surface area contributed by atoms with Crippen LogP contribution in [0.2, 0.25) is 0 Å². The van der Waals surface area contributed by atoms with E-state index in [0.29, 0.717) is 19.8 Å². The molecule has 0 aliphatic rings. The van der Waals surface area contributed by atoms with Crippen molar-refractivity contribution in [3.05, 3.63) is 0 Å². The summed E-state index contributed by atoms with van der Waals surface area (Å²) in [5, 5.41) is 0. The van der Waals surface area contributed by atoms with Crippen molar-refractivity contribution in [1.82, 2.24) is 0 Å². The van der Waals surface area contributed by atoms with Crippen LogP contribution in [0, 0.1) is 0 Å². The predicted molar refractivity (Wildman–Crippen MR) is 8.29 cm³/mol. The van der Waals surface area contributed by atoms with Crippen LogP contribution in [0.4, 0.5) is 0 Å². The molecule has 0 saturated heterocycles. The fraction of sp³-hybridized carbons (Fsp3) is 0. The van der Waals surface area contributed by atoms with Gasteiger partial charge in [-0.25, -0.2) is 0 Å². The van der Waals surface area contributed by atoms with Crippen molar-refractivity contribution in [2.45, 2.75) is 0 Å². The molecule has 0 rings (SSSR count). The Morgan fingerprint density at radius 3 is 1.12 bits per heavy atom. The molecule has 5 nitrogen and oxygen atoms in total. The molecule has 0 saturated carbocycles. The van der Waals surface area contributed by atoms with E-state index in [-0.39, 0.29) is 18.9 Å². The van der Waals surface area contributed by atoms with E-state index in [9.17, 15) is 0 Å². The minimum absolute atomic E-state index is 0. The first-order valence-corrected chi connectivity index (χ1v) is 3.56. The van der Waals surface area contributed by atoms with Gasteiger partial charge in [-0.05, 0) is 0 Å². The fourth-order valence-electron chi connectivity index (χ4n) is 0. The normalized spacial score (nSPS) is 7.75. The summed E-state index contributed by atoms with van der Waals surface area (Å²) in [6, 6.07) is 0. The van der Waals surface area contributed by atoms with E-state index >= 15 is 0 Å². The van der Waals surface area contributed by atoms with Gasteiger partial charge in [0.15, 0.2) is 0 Å². The molecule has 0 aromatic rings. The number of hydrogen-bond donors (Lipinski definition) is 0. The summed E-state index contributed by atoms with van der Waals surface area (Å²) in [7, 11) is -5.39. The van der Waals surface area contributed by atoms with E-state index in [4.69, 9.17) is 22.6 Å². The monoisotopic (exact) mass is 302 g/mol. The van der Waals surface area contributed by atoms with Crippen molar-refractivity contribution in [1.29, 1.82) is 0 Å². The van der Waals surface area contributed by atoms with Crippen LogP contribution in [-0.2, 0) is 27.7 Å². The molecule has 0 atom stereocenters. The van der Waals surface area contributed by atoms with Crippen LogP contribution in [0.5, 0.6) is 0 Å². The predicted octanol–water partition coefficient (Wildman–Crippen LogP) is -5.94. The molecular formula is LiO5PW. The second-order valence-corrected chi connectivity index (χ2v) is 1.34. The van der Waals surface area contributed by atoms with Crippen molar-refractivity contribution in [2.75, 3.05) is 0 Å². The Labute approximate surface area is 69.1 Å². The Kier molecular flexibility index (Phi) is 16.5. The van der Waals surface area contributed by atoms with Gasteiger partial charge in [0, 0.05) is 0 Å². The van der Waals surface area contributed by atoms with E-state index in [0.717, 1.165) is 0 Å². The molecule has 8 heteroatoms. The summed E-state index contributed by atoms with van der Waals surface area (Å²) in [6.07, 6.45) is 0. The van der Waals surface area contributed by atoms with Gasteiger partial charge < -0.3 is 19.2 Å². The van der Waals surface area contributed by atoms with Gasteiger partial charge in [-0.2, -0.15) is 7.82 Å². The summed E-state index contributed by atoms with van der Waals surface area (Å²) in [5.41, 5.74) is 0. The minimum atomic E-state index is -5.39. The molecule has 0 aliphatic heterocycles. The standard InChI is InChI=1S/Li.H3O4P.O.W/c;1-5(2,3)4;;/h;(H3,1,2,3,4);;/q+1;;;+2/p-3. The zero-order valence-electron chi connectivity index (χ0n) is 3.90. The van der Waals surface area contributed by atoms with Gasteiger partial charge in [0.05, 0.1) is 0 Å². The molecule has 0 N–H and O–H groups in total. The number of hydrogen-bond acceptors (Lipinski definition) is 5. The number of phosphoric acid groups is 1. The van der Waals surface area contributed by atoms with Crippen LogP contribution in [0.25, 0.3) is 0 Å². The Bertz CT molecular complexity index is 68.2. The van der Waals surface area contributed by atoms with Crippen molar-refractivity contribution in [3.8, 4) is 0 Å². The maximum atomic E-state index is 8.55. The summed E-state index contributed by atoms with van der Waals surface area (Å²) < 4.78 is 16.9. The molecule has 0 amide bonds. The molecule has 8 heavy (non-hydrogen) atoms. The third kappa shape index (κ3) is 193. The summed E-state index contributed by atoms with van der Waals surface area (Å²) in [5.74, 6) is 0.